The molecule has 0 bridgehead atoms. The van der Waals surface area contributed by atoms with Gasteiger partial charge in [-0.25, -0.2) is 0 Å². The fraction of sp³-hybridized carbons (Fsp3) is 0.111. The third kappa shape index (κ3) is 3.47. The Bertz CT molecular complexity index is 877. The second kappa shape index (κ2) is 6.75. The van der Waals surface area contributed by atoms with Crippen LogP contribution in [0.25, 0.3) is 5.70 Å². The summed E-state index contributed by atoms with van der Waals surface area (Å²) in [5.41, 5.74) is 21.6. The maximum Gasteiger partial charge on any atom is 0.266 e. The van der Waals surface area contributed by atoms with Crippen molar-refractivity contribution in [3.05, 3.63) is 64.3 Å². The number of nitrogens with zero attached hydrogens (tertiary/aromatic N) is 1. The molecule has 0 aliphatic carbocycles. The highest BCUT2D eigenvalue weighted by molar-refractivity contribution is 6.03. The van der Waals surface area contributed by atoms with Crippen molar-refractivity contribution in [1.29, 1.82) is 5.26 Å². The highest BCUT2D eigenvalue weighted by Crippen LogP contribution is 2.29. The molecule has 6 heteroatoms. The zero-order chi connectivity index (χ0) is 17.9. The normalized spacial score (nSPS) is 11.4. The van der Waals surface area contributed by atoms with Gasteiger partial charge < -0.3 is 22.5 Å². The molecular weight excluding hydrogens is 302 g/mol. The molecule has 0 aliphatic rings. The van der Waals surface area contributed by atoms with Gasteiger partial charge in [-0.1, -0.05) is 17.7 Å². The van der Waals surface area contributed by atoms with Crippen molar-refractivity contribution in [3.8, 4) is 6.07 Å². The topological polar surface area (TPSA) is 131 Å². The lowest BCUT2D eigenvalue weighted by atomic mass is 10.00. The van der Waals surface area contributed by atoms with Gasteiger partial charge in [-0.2, -0.15) is 5.26 Å². The Hall–Kier alpha value is -3.46. The molecule has 0 aliphatic heterocycles. The van der Waals surface area contributed by atoms with E-state index in [1.54, 1.807) is 24.3 Å². The molecule has 2 aromatic carbocycles. The van der Waals surface area contributed by atoms with Crippen LogP contribution >= 0.6 is 0 Å². The number of primary amides is 1. The number of nitriles is 1. The first kappa shape index (κ1) is 16.9. The molecular formula is C18H19N5O. The van der Waals surface area contributed by atoms with E-state index < -0.39 is 5.91 Å². The quantitative estimate of drug-likeness (QED) is 0.505. The van der Waals surface area contributed by atoms with Crippen molar-refractivity contribution in [2.75, 3.05) is 11.1 Å². The molecule has 24 heavy (non-hydrogen) atoms. The van der Waals surface area contributed by atoms with E-state index in [0.29, 0.717) is 28.2 Å². The summed E-state index contributed by atoms with van der Waals surface area (Å²) in [5.74, 6) is -0.757. The van der Waals surface area contributed by atoms with E-state index in [0.717, 1.165) is 11.1 Å². The number of hydrogen-bond acceptors (Lipinski definition) is 5. The summed E-state index contributed by atoms with van der Waals surface area (Å²) in [4.78, 5) is 11.6. The lowest BCUT2D eigenvalue weighted by molar-refractivity contribution is -0.114. The number of aryl methyl sites for hydroxylation is 2. The van der Waals surface area contributed by atoms with E-state index in [1.807, 2.05) is 26.0 Å². The first-order valence-corrected chi connectivity index (χ1v) is 7.27. The van der Waals surface area contributed by atoms with E-state index in [-0.39, 0.29) is 5.70 Å². The van der Waals surface area contributed by atoms with E-state index >= 15 is 0 Å². The third-order valence-electron chi connectivity index (χ3n) is 3.60. The summed E-state index contributed by atoms with van der Waals surface area (Å²) in [5, 5.41) is 12.1. The molecule has 6 nitrogen and oxygen atoms in total. The van der Waals surface area contributed by atoms with Gasteiger partial charge in [-0.15, -0.1) is 0 Å². The molecule has 2 rings (SSSR count). The zero-order valence-corrected chi connectivity index (χ0v) is 13.6. The van der Waals surface area contributed by atoms with Gasteiger partial charge in [0.1, 0.15) is 5.70 Å². The minimum atomic E-state index is -0.757. The number of benzene rings is 2. The molecule has 0 unspecified atom stereocenters. The van der Waals surface area contributed by atoms with Crippen LogP contribution in [0, 0.1) is 25.2 Å². The smallest absolute Gasteiger partial charge is 0.266 e. The summed E-state index contributed by atoms with van der Waals surface area (Å²) in [6.07, 6.45) is 0. The van der Waals surface area contributed by atoms with Crippen LogP contribution in [0.1, 0.15) is 22.3 Å². The molecule has 7 N–H and O–H groups in total. The highest BCUT2D eigenvalue weighted by atomic mass is 16.1. The zero-order valence-electron chi connectivity index (χ0n) is 13.6. The number of rotatable bonds is 4. The number of amides is 1. The molecule has 1 amide bonds. The number of hydrogen-bond donors (Lipinski definition) is 4. The molecule has 0 heterocycles. The van der Waals surface area contributed by atoms with Crippen molar-refractivity contribution in [1.82, 2.24) is 0 Å². The lowest BCUT2D eigenvalue weighted by Gasteiger charge is -2.17. The van der Waals surface area contributed by atoms with Crippen molar-refractivity contribution in [3.63, 3.8) is 0 Å². The Morgan fingerprint density at radius 1 is 1.17 bits per heavy atom. The lowest BCUT2D eigenvalue weighted by Crippen LogP contribution is -2.24. The predicted molar refractivity (Wildman–Crippen MR) is 95.4 cm³/mol. The van der Waals surface area contributed by atoms with E-state index in [2.05, 4.69) is 11.4 Å². The number of carbonyl (C=O) groups is 1. The van der Waals surface area contributed by atoms with E-state index in [1.165, 1.54) is 0 Å². The summed E-state index contributed by atoms with van der Waals surface area (Å²) in [6, 6.07) is 12.6. The molecule has 122 valence electrons. The van der Waals surface area contributed by atoms with E-state index in [4.69, 9.17) is 22.5 Å². The molecule has 0 radical (unpaired) electrons. The predicted octanol–water partition coefficient (Wildman–Crippen LogP) is 1.98. The number of nitrogen functional groups attached to an aromatic ring is 1. The Labute approximate surface area is 140 Å². The standard InChI is InChI=1S/C18H19N5O/c1-10-6-11(2)15(20)14(7-10)17(16(21)18(22)24)23-13-5-3-4-12(8-13)9-19/h3-8,23H,20-21H2,1-2H3,(H2,22,24)/b17-16+. The second-order valence-electron chi connectivity index (χ2n) is 5.51. The van der Waals surface area contributed by atoms with Gasteiger partial charge in [-0.05, 0) is 43.7 Å². The van der Waals surface area contributed by atoms with Crippen LogP contribution in [0.15, 0.2) is 42.1 Å². The average Bonchev–Trinajstić information content (AvgIpc) is 2.55. The van der Waals surface area contributed by atoms with Gasteiger partial charge >= 0.3 is 0 Å². The van der Waals surface area contributed by atoms with Gasteiger partial charge in [0.05, 0.1) is 17.3 Å². The van der Waals surface area contributed by atoms with Crippen molar-refractivity contribution in [2.24, 2.45) is 11.5 Å². The number of carbonyl (C=O) groups excluding carboxylic acids is 1. The minimum Gasteiger partial charge on any atom is -0.398 e. The fourth-order valence-electron chi connectivity index (χ4n) is 2.40. The van der Waals surface area contributed by atoms with Crippen LogP contribution in [0.2, 0.25) is 0 Å². The van der Waals surface area contributed by atoms with Gasteiger partial charge in [-0.3, -0.25) is 4.79 Å². The molecule has 0 atom stereocenters. The minimum absolute atomic E-state index is 0.130. The summed E-state index contributed by atoms with van der Waals surface area (Å²) < 4.78 is 0. The Morgan fingerprint density at radius 3 is 2.50 bits per heavy atom. The van der Waals surface area contributed by atoms with Crippen LogP contribution in [0.4, 0.5) is 11.4 Å². The fourth-order valence-corrected chi connectivity index (χ4v) is 2.40. The molecule has 0 saturated heterocycles. The van der Waals surface area contributed by atoms with Gasteiger partial charge in [0.15, 0.2) is 0 Å². The van der Waals surface area contributed by atoms with Gasteiger partial charge in [0, 0.05) is 16.9 Å². The van der Waals surface area contributed by atoms with Gasteiger partial charge in [0.25, 0.3) is 5.91 Å². The maximum atomic E-state index is 11.6. The maximum absolute atomic E-state index is 11.6. The number of nitrogens with two attached hydrogens (primary N) is 3. The molecule has 2 aromatic rings. The summed E-state index contributed by atoms with van der Waals surface area (Å²) in [6.45, 7) is 3.80. The van der Waals surface area contributed by atoms with E-state index in [9.17, 15) is 4.79 Å². The van der Waals surface area contributed by atoms with Crippen LogP contribution in [-0.4, -0.2) is 5.91 Å². The first-order valence-electron chi connectivity index (χ1n) is 7.27. The first-order chi connectivity index (χ1) is 11.3. The van der Waals surface area contributed by atoms with Crippen LogP contribution < -0.4 is 22.5 Å². The van der Waals surface area contributed by atoms with Crippen molar-refractivity contribution < 1.29 is 4.79 Å². The second-order valence-corrected chi connectivity index (χ2v) is 5.51. The molecule has 0 spiro atoms. The highest BCUT2D eigenvalue weighted by Gasteiger charge is 2.16. The Kier molecular flexibility index (Phi) is 4.76. The van der Waals surface area contributed by atoms with Crippen molar-refractivity contribution in [2.45, 2.75) is 13.8 Å². The Morgan fingerprint density at radius 2 is 1.88 bits per heavy atom. The van der Waals surface area contributed by atoms with Gasteiger partial charge in [0.2, 0.25) is 0 Å². The summed E-state index contributed by atoms with van der Waals surface area (Å²) >= 11 is 0. The largest absolute Gasteiger partial charge is 0.398 e. The number of anilines is 2. The molecule has 0 fully saturated rings. The summed E-state index contributed by atoms with van der Waals surface area (Å²) in [7, 11) is 0. The average molecular weight is 321 g/mol. The van der Waals surface area contributed by atoms with Crippen LogP contribution in [0.3, 0.4) is 0 Å². The SMILES string of the molecule is Cc1cc(C)c(N)c(/C(Nc2cccc(C#N)c2)=C(\N)C(N)=O)c1. The number of nitrogens with one attached hydrogen (secondary N) is 1. The molecule has 0 aromatic heterocycles. The van der Waals surface area contributed by atoms with Crippen molar-refractivity contribution >= 4 is 23.0 Å². The monoisotopic (exact) mass is 321 g/mol. The van der Waals surface area contributed by atoms with Crippen LogP contribution in [-0.2, 0) is 4.79 Å². The molecule has 0 saturated carbocycles. The Balaban J connectivity index is 2.62. The third-order valence-corrected chi connectivity index (χ3v) is 3.60. The van der Waals surface area contributed by atoms with Crippen LogP contribution in [0.5, 0.6) is 0 Å².